The van der Waals surface area contributed by atoms with Crippen molar-refractivity contribution in [3.8, 4) is 0 Å². The van der Waals surface area contributed by atoms with Crippen LogP contribution in [-0.2, 0) is 21.0 Å². The zero-order chi connectivity index (χ0) is 15.3. The van der Waals surface area contributed by atoms with Crippen molar-refractivity contribution in [2.45, 2.75) is 46.1 Å². The molecule has 0 spiro atoms. The zero-order valence-corrected chi connectivity index (χ0v) is 12.9. The van der Waals surface area contributed by atoms with Gasteiger partial charge in [0.05, 0.1) is 19.6 Å². The predicted molar refractivity (Wildman–Crippen MR) is 83.2 cm³/mol. The molecular weight excluding hydrogens is 266 g/mol. The van der Waals surface area contributed by atoms with Crippen LogP contribution in [0.5, 0.6) is 0 Å². The Bertz CT molecular complexity index is 429. The van der Waals surface area contributed by atoms with Crippen molar-refractivity contribution in [1.29, 1.82) is 0 Å². The van der Waals surface area contributed by atoms with E-state index in [1.165, 1.54) is 0 Å². The van der Waals surface area contributed by atoms with Gasteiger partial charge in [0.25, 0.3) is 0 Å². The second-order valence-electron chi connectivity index (χ2n) is 4.78. The van der Waals surface area contributed by atoms with Crippen LogP contribution in [0.25, 0.3) is 0 Å². The minimum atomic E-state index is -0.190. The molecule has 0 bridgehead atoms. The average molecular weight is 291 g/mol. The third-order valence-electron chi connectivity index (χ3n) is 2.96. The Kier molecular flexibility index (Phi) is 8.96. The maximum atomic E-state index is 11.5. The van der Waals surface area contributed by atoms with Gasteiger partial charge in [-0.15, -0.1) is 0 Å². The summed E-state index contributed by atoms with van der Waals surface area (Å²) in [7, 11) is 0. The molecule has 1 rings (SSSR count). The molecule has 21 heavy (non-hydrogen) atoms. The SMILES string of the molecule is CCCCC(=CNOCc1ccccc1)CC(=O)OCC. The number of benzene rings is 1. The highest BCUT2D eigenvalue weighted by Crippen LogP contribution is 2.12. The molecule has 1 aromatic carbocycles. The molecule has 0 unspecified atom stereocenters. The van der Waals surface area contributed by atoms with Crippen molar-refractivity contribution in [2.75, 3.05) is 6.61 Å². The van der Waals surface area contributed by atoms with Gasteiger partial charge in [0.15, 0.2) is 0 Å². The third-order valence-corrected chi connectivity index (χ3v) is 2.96. The van der Waals surface area contributed by atoms with Crippen LogP contribution in [0, 0.1) is 0 Å². The van der Waals surface area contributed by atoms with Gasteiger partial charge in [0.2, 0.25) is 0 Å². The lowest BCUT2D eigenvalue weighted by Gasteiger charge is -2.08. The standard InChI is InChI=1S/C17H25NO3/c1-3-5-9-16(12-17(19)20-4-2)13-18-21-14-15-10-7-6-8-11-15/h6-8,10-11,13,18H,3-5,9,12,14H2,1-2H3. The fourth-order valence-electron chi connectivity index (χ4n) is 1.84. The van der Waals surface area contributed by atoms with E-state index in [0.29, 0.717) is 19.6 Å². The largest absolute Gasteiger partial charge is 0.466 e. The van der Waals surface area contributed by atoms with Gasteiger partial charge in [-0.3, -0.25) is 15.1 Å². The van der Waals surface area contributed by atoms with Crippen molar-refractivity contribution in [3.63, 3.8) is 0 Å². The number of unbranched alkanes of at least 4 members (excludes halogenated alkanes) is 1. The summed E-state index contributed by atoms with van der Waals surface area (Å²) in [5.74, 6) is -0.190. The minimum Gasteiger partial charge on any atom is -0.466 e. The second-order valence-corrected chi connectivity index (χ2v) is 4.78. The molecular formula is C17H25NO3. The molecule has 0 amide bonds. The van der Waals surface area contributed by atoms with Crippen LogP contribution in [0.2, 0.25) is 0 Å². The first-order chi connectivity index (χ1) is 10.3. The van der Waals surface area contributed by atoms with Gasteiger partial charge in [-0.05, 0) is 30.9 Å². The summed E-state index contributed by atoms with van der Waals surface area (Å²) in [6.07, 6.45) is 5.10. The quantitative estimate of drug-likeness (QED) is 0.405. The highest BCUT2D eigenvalue weighted by atomic mass is 16.6. The Balaban J connectivity index is 2.39. The summed E-state index contributed by atoms with van der Waals surface area (Å²) < 4.78 is 4.98. The number of esters is 1. The zero-order valence-electron chi connectivity index (χ0n) is 12.9. The summed E-state index contributed by atoms with van der Waals surface area (Å²) in [6, 6.07) is 9.92. The van der Waals surface area contributed by atoms with Crippen molar-refractivity contribution >= 4 is 5.97 Å². The molecule has 0 aliphatic rings. The van der Waals surface area contributed by atoms with Crippen LogP contribution in [0.4, 0.5) is 0 Å². The molecule has 4 heteroatoms. The molecule has 0 radical (unpaired) electrons. The van der Waals surface area contributed by atoms with Crippen LogP contribution in [0.3, 0.4) is 0 Å². The van der Waals surface area contributed by atoms with Crippen LogP contribution in [-0.4, -0.2) is 12.6 Å². The van der Waals surface area contributed by atoms with Gasteiger partial charge >= 0.3 is 5.97 Å². The molecule has 1 aromatic rings. The number of rotatable bonds is 10. The normalized spacial score (nSPS) is 11.2. The van der Waals surface area contributed by atoms with Crippen LogP contribution in [0.1, 0.15) is 45.1 Å². The van der Waals surface area contributed by atoms with Gasteiger partial charge in [0, 0.05) is 6.20 Å². The van der Waals surface area contributed by atoms with Crippen molar-refractivity contribution in [2.24, 2.45) is 0 Å². The molecule has 0 heterocycles. The van der Waals surface area contributed by atoms with Crippen molar-refractivity contribution in [1.82, 2.24) is 5.48 Å². The molecule has 116 valence electrons. The number of ether oxygens (including phenoxy) is 1. The van der Waals surface area contributed by atoms with Gasteiger partial charge in [-0.25, -0.2) is 0 Å². The summed E-state index contributed by atoms with van der Waals surface area (Å²) in [6.45, 7) is 4.84. The maximum Gasteiger partial charge on any atom is 0.309 e. The second kappa shape index (κ2) is 10.9. The van der Waals surface area contributed by atoms with Crippen molar-refractivity contribution < 1.29 is 14.4 Å². The lowest BCUT2D eigenvalue weighted by atomic mass is 10.1. The van der Waals surface area contributed by atoms with Crippen LogP contribution < -0.4 is 5.48 Å². The maximum absolute atomic E-state index is 11.5. The molecule has 0 fully saturated rings. The van der Waals surface area contributed by atoms with E-state index in [4.69, 9.17) is 9.57 Å². The number of carbonyl (C=O) groups excluding carboxylic acids is 1. The molecule has 0 aliphatic heterocycles. The van der Waals surface area contributed by atoms with E-state index in [2.05, 4.69) is 12.4 Å². The average Bonchev–Trinajstić information content (AvgIpc) is 2.50. The van der Waals surface area contributed by atoms with E-state index in [1.54, 1.807) is 6.20 Å². The molecule has 0 saturated carbocycles. The van der Waals surface area contributed by atoms with Gasteiger partial charge in [-0.2, -0.15) is 0 Å². The van der Waals surface area contributed by atoms with Gasteiger partial charge in [0.1, 0.15) is 0 Å². The summed E-state index contributed by atoms with van der Waals surface area (Å²) in [5, 5.41) is 0. The minimum absolute atomic E-state index is 0.190. The van der Waals surface area contributed by atoms with E-state index in [0.717, 1.165) is 30.4 Å². The van der Waals surface area contributed by atoms with E-state index < -0.39 is 0 Å². The summed E-state index contributed by atoms with van der Waals surface area (Å²) in [5.41, 5.74) is 4.92. The monoisotopic (exact) mass is 291 g/mol. The number of carbonyl (C=O) groups is 1. The van der Waals surface area contributed by atoms with E-state index in [1.807, 2.05) is 37.3 Å². The first kappa shape index (κ1) is 17.2. The van der Waals surface area contributed by atoms with Gasteiger partial charge < -0.3 is 4.74 Å². The van der Waals surface area contributed by atoms with E-state index in [9.17, 15) is 4.79 Å². The Hall–Kier alpha value is -1.81. The number of hydroxylamine groups is 1. The Morgan fingerprint density at radius 2 is 2.00 bits per heavy atom. The Morgan fingerprint density at radius 1 is 1.24 bits per heavy atom. The molecule has 0 atom stereocenters. The molecule has 4 nitrogen and oxygen atoms in total. The lowest BCUT2D eigenvalue weighted by molar-refractivity contribution is -0.142. The predicted octanol–water partition coefficient (Wildman–Crippen LogP) is 3.74. The highest BCUT2D eigenvalue weighted by Gasteiger charge is 2.06. The Morgan fingerprint density at radius 3 is 2.67 bits per heavy atom. The molecule has 0 aromatic heterocycles. The fourth-order valence-corrected chi connectivity index (χ4v) is 1.84. The van der Waals surface area contributed by atoms with E-state index in [-0.39, 0.29) is 5.97 Å². The summed E-state index contributed by atoms with van der Waals surface area (Å²) in [4.78, 5) is 16.9. The lowest BCUT2D eigenvalue weighted by Crippen LogP contribution is -2.11. The number of hydrogen-bond donors (Lipinski definition) is 1. The van der Waals surface area contributed by atoms with E-state index >= 15 is 0 Å². The smallest absolute Gasteiger partial charge is 0.309 e. The molecule has 0 saturated heterocycles. The fraction of sp³-hybridized carbons (Fsp3) is 0.471. The van der Waals surface area contributed by atoms with Crippen LogP contribution >= 0.6 is 0 Å². The van der Waals surface area contributed by atoms with Crippen molar-refractivity contribution in [3.05, 3.63) is 47.7 Å². The number of nitrogens with one attached hydrogen (secondary N) is 1. The molecule has 1 N–H and O–H groups in total. The molecule has 0 aliphatic carbocycles. The highest BCUT2D eigenvalue weighted by molar-refractivity contribution is 5.72. The summed E-state index contributed by atoms with van der Waals surface area (Å²) >= 11 is 0. The first-order valence-corrected chi connectivity index (χ1v) is 7.51. The van der Waals surface area contributed by atoms with Crippen LogP contribution in [0.15, 0.2) is 42.1 Å². The third kappa shape index (κ3) is 8.15. The Labute approximate surface area is 127 Å². The number of hydrogen-bond acceptors (Lipinski definition) is 4. The topological polar surface area (TPSA) is 47.6 Å². The van der Waals surface area contributed by atoms with Gasteiger partial charge in [-0.1, -0.05) is 43.7 Å². The first-order valence-electron chi connectivity index (χ1n) is 7.51.